The van der Waals surface area contributed by atoms with Gasteiger partial charge in [-0.3, -0.25) is 4.79 Å². The fraction of sp³-hybridized carbons (Fsp3) is 0.455. The summed E-state index contributed by atoms with van der Waals surface area (Å²) in [5.41, 5.74) is 4.53. The minimum Gasteiger partial charge on any atom is -0.391 e. The number of rotatable bonds is 4. The van der Waals surface area contributed by atoms with Gasteiger partial charge in [0.25, 0.3) is 5.91 Å². The van der Waals surface area contributed by atoms with Crippen LogP contribution in [0.3, 0.4) is 0 Å². The van der Waals surface area contributed by atoms with Gasteiger partial charge in [-0.1, -0.05) is 25.0 Å². The van der Waals surface area contributed by atoms with E-state index < -0.39 is 6.10 Å². The molecule has 1 aromatic heterocycles. The third kappa shape index (κ3) is 5.13. The third-order valence-corrected chi connectivity index (χ3v) is 5.73. The molecule has 4 rings (SSSR count). The van der Waals surface area contributed by atoms with Crippen LogP contribution >= 0.6 is 12.4 Å². The van der Waals surface area contributed by atoms with E-state index in [0.717, 1.165) is 55.5 Å². The van der Waals surface area contributed by atoms with Crippen LogP contribution in [0.5, 0.6) is 0 Å². The van der Waals surface area contributed by atoms with E-state index in [9.17, 15) is 14.3 Å². The Morgan fingerprint density at radius 1 is 1.24 bits per heavy atom. The van der Waals surface area contributed by atoms with E-state index >= 15 is 0 Å². The number of amides is 1. The SMILES string of the molecule is Cl.O=C(N[C@H]1CCCC[C@@H]1O)c1cc(Cc2ccc(F)cc2)c2c(n1)CNCC2. The Morgan fingerprint density at radius 3 is 2.76 bits per heavy atom. The topological polar surface area (TPSA) is 74.2 Å². The zero-order chi connectivity index (χ0) is 19.5. The summed E-state index contributed by atoms with van der Waals surface area (Å²) in [7, 11) is 0. The van der Waals surface area contributed by atoms with Crippen LogP contribution in [0.2, 0.25) is 0 Å². The largest absolute Gasteiger partial charge is 0.391 e. The Labute approximate surface area is 176 Å². The predicted molar refractivity (Wildman–Crippen MR) is 112 cm³/mol. The highest BCUT2D eigenvalue weighted by atomic mass is 35.5. The maximum absolute atomic E-state index is 13.2. The maximum Gasteiger partial charge on any atom is 0.270 e. The average molecular weight is 420 g/mol. The molecule has 1 aromatic carbocycles. The molecule has 1 amide bonds. The first-order valence-corrected chi connectivity index (χ1v) is 10.1. The number of aliphatic hydroxyl groups is 1. The van der Waals surface area contributed by atoms with Crippen molar-refractivity contribution >= 4 is 18.3 Å². The Balaban J connectivity index is 0.00000240. The van der Waals surface area contributed by atoms with Gasteiger partial charge < -0.3 is 15.7 Å². The Kier molecular flexibility index (Phi) is 7.22. The van der Waals surface area contributed by atoms with Crippen LogP contribution < -0.4 is 10.6 Å². The minimum atomic E-state index is -0.490. The molecule has 2 heterocycles. The van der Waals surface area contributed by atoms with Crippen LogP contribution in [0.25, 0.3) is 0 Å². The van der Waals surface area contributed by atoms with Crippen LogP contribution in [-0.2, 0) is 19.4 Å². The lowest BCUT2D eigenvalue weighted by atomic mass is 9.92. The van der Waals surface area contributed by atoms with Crippen LogP contribution in [0, 0.1) is 5.82 Å². The number of halogens is 2. The zero-order valence-corrected chi connectivity index (χ0v) is 17.1. The van der Waals surface area contributed by atoms with E-state index in [1.165, 1.54) is 17.7 Å². The van der Waals surface area contributed by atoms with Gasteiger partial charge in [0.05, 0.1) is 17.8 Å². The molecule has 0 radical (unpaired) electrons. The maximum atomic E-state index is 13.2. The van der Waals surface area contributed by atoms with Gasteiger partial charge in [-0.05, 0) is 67.1 Å². The number of nitrogens with one attached hydrogen (secondary N) is 2. The van der Waals surface area contributed by atoms with E-state index in [4.69, 9.17) is 0 Å². The van der Waals surface area contributed by atoms with E-state index in [0.29, 0.717) is 18.7 Å². The monoisotopic (exact) mass is 419 g/mol. The summed E-state index contributed by atoms with van der Waals surface area (Å²) in [6.45, 7) is 1.52. The average Bonchev–Trinajstić information content (AvgIpc) is 2.71. The van der Waals surface area contributed by atoms with Crippen molar-refractivity contribution in [3.8, 4) is 0 Å². The number of aromatic nitrogens is 1. The van der Waals surface area contributed by atoms with Crippen molar-refractivity contribution in [2.75, 3.05) is 6.54 Å². The second kappa shape index (κ2) is 9.65. The first-order valence-electron chi connectivity index (χ1n) is 10.1. The molecule has 1 saturated carbocycles. The molecule has 1 aliphatic heterocycles. The van der Waals surface area contributed by atoms with Crippen molar-refractivity contribution in [2.24, 2.45) is 0 Å². The van der Waals surface area contributed by atoms with Crippen molar-refractivity contribution in [1.82, 2.24) is 15.6 Å². The smallest absolute Gasteiger partial charge is 0.270 e. The zero-order valence-electron chi connectivity index (χ0n) is 16.3. The van der Waals surface area contributed by atoms with Gasteiger partial charge in [-0.2, -0.15) is 0 Å². The summed E-state index contributed by atoms with van der Waals surface area (Å²) in [5.74, 6) is -0.490. The molecule has 5 nitrogen and oxygen atoms in total. The highest BCUT2D eigenvalue weighted by molar-refractivity contribution is 5.93. The molecule has 1 aliphatic carbocycles. The molecule has 0 unspecified atom stereocenters. The number of hydrogen-bond acceptors (Lipinski definition) is 4. The number of benzene rings is 1. The second-order valence-corrected chi connectivity index (χ2v) is 7.75. The molecule has 7 heteroatoms. The summed E-state index contributed by atoms with van der Waals surface area (Å²) in [5, 5.41) is 16.4. The molecule has 1 fully saturated rings. The van der Waals surface area contributed by atoms with Crippen molar-refractivity contribution in [2.45, 2.75) is 57.2 Å². The number of carbonyl (C=O) groups is 1. The summed E-state index contributed by atoms with van der Waals surface area (Å²) in [6.07, 6.45) is 4.54. The van der Waals surface area contributed by atoms with Gasteiger partial charge in [0.2, 0.25) is 0 Å². The van der Waals surface area contributed by atoms with E-state index in [2.05, 4.69) is 15.6 Å². The molecule has 2 atom stereocenters. The van der Waals surface area contributed by atoms with Crippen molar-refractivity contribution in [3.05, 3.63) is 64.2 Å². The number of hydrogen-bond donors (Lipinski definition) is 3. The van der Waals surface area contributed by atoms with Gasteiger partial charge >= 0.3 is 0 Å². The fourth-order valence-corrected chi connectivity index (χ4v) is 4.17. The molecule has 0 spiro atoms. The molecule has 3 N–H and O–H groups in total. The molecule has 2 aliphatic rings. The summed E-state index contributed by atoms with van der Waals surface area (Å²) < 4.78 is 13.2. The van der Waals surface area contributed by atoms with E-state index in [1.807, 2.05) is 6.07 Å². The highest BCUT2D eigenvalue weighted by Crippen LogP contribution is 2.23. The van der Waals surface area contributed by atoms with Gasteiger partial charge in [-0.25, -0.2) is 9.37 Å². The number of aliphatic hydroxyl groups excluding tert-OH is 1. The number of nitrogens with zero attached hydrogens (tertiary/aromatic N) is 1. The Morgan fingerprint density at radius 2 is 2.00 bits per heavy atom. The molecule has 0 bridgehead atoms. The summed E-state index contributed by atoms with van der Waals surface area (Å²) >= 11 is 0. The van der Waals surface area contributed by atoms with Crippen molar-refractivity contribution < 1.29 is 14.3 Å². The third-order valence-electron chi connectivity index (χ3n) is 5.73. The molecule has 2 aromatic rings. The lowest BCUT2D eigenvalue weighted by Gasteiger charge is -2.28. The standard InChI is InChI=1S/C22H26FN3O2.ClH/c23-16-7-5-14(6-8-16)11-15-12-19(25-20-13-24-10-9-17(15)20)22(28)26-18-3-1-2-4-21(18)27;/h5-8,12,18,21,24,27H,1-4,9-11,13H2,(H,26,28);1H/t18-,21-;/m0./s1. The van der Waals surface area contributed by atoms with Crippen molar-refractivity contribution in [1.29, 1.82) is 0 Å². The quantitative estimate of drug-likeness (QED) is 0.712. The normalized spacial score (nSPS) is 21.0. The van der Waals surface area contributed by atoms with E-state index in [1.54, 1.807) is 12.1 Å². The minimum absolute atomic E-state index is 0. The molecule has 156 valence electrons. The van der Waals surface area contributed by atoms with Gasteiger partial charge in [0, 0.05) is 6.54 Å². The molecule has 0 saturated heterocycles. The Hall–Kier alpha value is -2.02. The van der Waals surface area contributed by atoms with Crippen LogP contribution in [-0.4, -0.2) is 34.7 Å². The van der Waals surface area contributed by atoms with Crippen molar-refractivity contribution in [3.63, 3.8) is 0 Å². The summed E-state index contributed by atoms with van der Waals surface area (Å²) in [4.78, 5) is 17.4. The van der Waals surface area contributed by atoms with Gasteiger partial charge in [-0.15, -0.1) is 12.4 Å². The van der Waals surface area contributed by atoms with Crippen LogP contribution in [0.15, 0.2) is 30.3 Å². The van der Waals surface area contributed by atoms with Gasteiger partial charge in [0.1, 0.15) is 11.5 Å². The highest BCUT2D eigenvalue weighted by Gasteiger charge is 2.26. The van der Waals surface area contributed by atoms with E-state index in [-0.39, 0.29) is 30.2 Å². The van der Waals surface area contributed by atoms with Crippen LogP contribution in [0.4, 0.5) is 4.39 Å². The first-order chi connectivity index (χ1) is 13.6. The fourth-order valence-electron chi connectivity index (χ4n) is 4.17. The lowest BCUT2D eigenvalue weighted by molar-refractivity contribution is 0.0713. The molecular weight excluding hydrogens is 393 g/mol. The molecular formula is C22H27ClFN3O2. The van der Waals surface area contributed by atoms with Crippen LogP contribution in [0.1, 0.15) is 58.6 Å². The Bertz CT molecular complexity index is 860. The van der Waals surface area contributed by atoms with Gasteiger partial charge in [0.15, 0.2) is 0 Å². The first kappa shape index (κ1) is 21.7. The number of pyridine rings is 1. The number of carbonyl (C=O) groups excluding carboxylic acids is 1. The second-order valence-electron chi connectivity index (χ2n) is 7.75. The summed E-state index contributed by atoms with van der Waals surface area (Å²) in [6, 6.07) is 8.13. The predicted octanol–water partition coefficient (Wildman–Crippen LogP) is 2.91. The number of fused-ring (bicyclic) bond motifs is 1. The lowest BCUT2D eigenvalue weighted by Crippen LogP contribution is -2.45. The molecule has 29 heavy (non-hydrogen) atoms.